The molecule has 0 aliphatic heterocycles. The molecule has 122 valence electrons. The fourth-order valence-electron chi connectivity index (χ4n) is 1.87. The van der Waals surface area contributed by atoms with E-state index in [0.29, 0.717) is 27.1 Å². The van der Waals surface area contributed by atoms with Crippen LogP contribution in [0.4, 0.5) is 0 Å². The van der Waals surface area contributed by atoms with Gasteiger partial charge in [-0.05, 0) is 58.4 Å². The molecular formula is C17H11BrClNO4. The SMILES string of the molecule is O=C(/C=C/c1ccc(Br)o1)OCc1ncc(-c2ccc(Cl)cc2)o1. The molecule has 2 heterocycles. The van der Waals surface area contributed by atoms with Crippen LogP contribution in [0, 0.1) is 0 Å². The average Bonchev–Trinajstić information content (AvgIpc) is 3.21. The molecule has 24 heavy (non-hydrogen) atoms. The van der Waals surface area contributed by atoms with Gasteiger partial charge in [-0.2, -0.15) is 0 Å². The fourth-order valence-corrected chi connectivity index (χ4v) is 2.32. The van der Waals surface area contributed by atoms with Gasteiger partial charge in [-0.1, -0.05) is 11.6 Å². The van der Waals surface area contributed by atoms with Crippen LogP contribution in [-0.4, -0.2) is 11.0 Å². The molecule has 0 N–H and O–H groups in total. The van der Waals surface area contributed by atoms with Gasteiger partial charge >= 0.3 is 5.97 Å². The Hall–Kier alpha value is -2.31. The predicted octanol–water partition coefficient (Wildman–Crippen LogP) is 5.11. The van der Waals surface area contributed by atoms with E-state index >= 15 is 0 Å². The molecule has 0 fully saturated rings. The van der Waals surface area contributed by atoms with Gasteiger partial charge in [-0.25, -0.2) is 9.78 Å². The molecule has 5 nitrogen and oxygen atoms in total. The standard InChI is InChI=1S/C17H11BrClNO4/c18-15-7-5-13(23-15)6-8-17(21)22-10-16-20-9-14(24-16)11-1-3-12(19)4-2-11/h1-9H,10H2/b8-6+. The summed E-state index contributed by atoms with van der Waals surface area (Å²) in [5, 5.41) is 0.641. The minimum atomic E-state index is -0.520. The number of carbonyl (C=O) groups excluding carboxylic acids is 1. The van der Waals surface area contributed by atoms with E-state index in [2.05, 4.69) is 20.9 Å². The van der Waals surface area contributed by atoms with Gasteiger partial charge in [0.25, 0.3) is 0 Å². The molecule has 3 aromatic rings. The summed E-state index contributed by atoms with van der Waals surface area (Å²) in [6.07, 6.45) is 4.36. The van der Waals surface area contributed by atoms with Crippen molar-refractivity contribution in [2.75, 3.05) is 0 Å². The van der Waals surface area contributed by atoms with Crippen molar-refractivity contribution in [2.24, 2.45) is 0 Å². The number of furan rings is 1. The topological polar surface area (TPSA) is 65.5 Å². The van der Waals surface area contributed by atoms with Crippen molar-refractivity contribution in [3.8, 4) is 11.3 Å². The van der Waals surface area contributed by atoms with E-state index in [4.69, 9.17) is 25.2 Å². The lowest BCUT2D eigenvalue weighted by molar-refractivity contribution is -0.139. The van der Waals surface area contributed by atoms with E-state index in [0.717, 1.165) is 5.56 Å². The zero-order valence-corrected chi connectivity index (χ0v) is 14.6. The van der Waals surface area contributed by atoms with Crippen molar-refractivity contribution in [1.29, 1.82) is 0 Å². The maximum atomic E-state index is 11.7. The first-order valence-electron chi connectivity index (χ1n) is 6.91. The van der Waals surface area contributed by atoms with Gasteiger partial charge in [-0.15, -0.1) is 0 Å². The van der Waals surface area contributed by atoms with Gasteiger partial charge in [0.05, 0.1) is 6.20 Å². The Morgan fingerprint density at radius 2 is 2.00 bits per heavy atom. The highest BCUT2D eigenvalue weighted by Gasteiger charge is 2.08. The highest BCUT2D eigenvalue weighted by atomic mass is 79.9. The second kappa shape index (κ2) is 7.51. The first-order chi connectivity index (χ1) is 11.6. The third-order valence-corrected chi connectivity index (χ3v) is 3.68. The normalized spacial score (nSPS) is 11.1. The minimum Gasteiger partial charge on any atom is -0.453 e. The molecule has 0 aliphatic carbocycles. The summed E-state index contributed by atoms with van der Waals surface area (Å²) in [6.45, 7) is -0.0569. The Kier molecular flexibility index (Phi) is 5.17. The number of nitrogens with zero attached hydrogens (tertiary/aromatic N) is 1. The number of rotatable bonds is 5. The first-order valence-corrected chi connectivity index (χ1v) is 8.08. The molecule has 2 aromatic heterocycles. The van der Waals surface area contributed by atoms with E-state index in [1.807, 2.05) is 12.1 Å². The zero-order valence-electron chi connectivity index (χ0n) is 12.2. The maximum Gasteiger partial charge on any atom is 0.331 e. The van der Waals surface area contributed by atoms with Crippen molar-refractivity contribution in [2.45, 2.75) is 6.61 Å². The predicted molar refractivity (Wildman–Crippen MR) is 92.2 cm³/mol. The molecule has 0 unspecified atom stereocenters. The van der Waals surface area contributed by atoms with E-state index < -0.39 is 5.97 Å². The van der Waals surface area contributed by atoms with E-state index in [9.17, 15) is 4.79 Å². The van der Waals surface area contributed by atoms with Crippen LogP contribution in [0.2, 0.25) is 5.02 Å². The molecule has 0 aliphatic rings. The van der Waals surface area contributed by atoms with Gasteiger partial charge in [0.2, 0.25) is 5.89 Å². The molecule has 0 amide bonds. The number of ether oxygens (including phenoxy) is 1. The smallest absolute Gasteiger partial charge is 0.331 e. The fraction of sp³-hybridized carbons (Fsp3) is 0.0588. The summed E-state index contributed by atoms with van der Waals surface area (Å²) in [4.78, 5) is 15.7. The second-order valence-corrected chi connectivity index (χ2v) is 5.93. The largest absolute Gasteiger partial charge is 0.453 e. The Labute approximate surface area is 151 Å². The maximum absolute atomic E-state index is 11.7. The highest BCUT2D eigenvalue weighted by Crippen LogP contribution is 2.22. The van der Waals surface area contributed by atoms with E-state index in [1.165, 1.54) is 12.2 Å². The quantitative estimate of drug-likeness (QED) is 0.434. The van der Waals surface area contributed by atoms with Crippen molar-refractivity contribution in [3.05, 3.63) is 70.0 Å². The summed E-state index contributed by atoms with van der Waals surface area (Å²) in [5.41, 5.74) is 0.841. The summed E-state index contributed by atoms with van der Waals surface area (Å²) < 4.78 is 16.4. The minimum absolute atomic E-state index is 0.0569. The van der Waals surface area contributed by atoms with Gasteiger partial charge in [-0.3, -0.25) is 0 Å². The van der Waals surface area contributed by atoms with Crippen molar-refractivity contribution >= 4 is 39.6 Å². The van der Waals surface area contributed by atoms with Crippen LogP contribution >= 0.6 is 27.5 Å². The first kappa shape index (κ1) is 16.5. The molecular weight excluding hydrogens is 398 g/mol. The number of hydrogen-bond acceptors (Lipinski definition) is 5. The molecule has 0 radical (unpaired) electrons. The molecule has 0 saturated carbocycles. The monoisotopic (exact) mass is 407 g/mol. The number of hydrogen-bond donors (Lipinski definition) is 0. The van der Waals surface area contributed by atoms with Crippen LogP contribution < -0.4 is 0 Å². The van der Waals surface area contributed by atoms with Gasteiger partial charge < -0.3 is 13.6 Å². The number of aromatic nitrogens is 1. The van der Waals surface area contributed by atoms with Crippen LogP contribution in [0.5, 0.6) is 0 Å². The van der Waals surface area contributed by atoms with Gasteiger partial charge in [0.15, 0.2) is 17.0 Å². The highest BCUT2D eigenvalue weighted by molar-refractivity contribution is 9.10. The van der Waals surface area contributed by atoms with Crippen molar-refractivity contribution < 1.29 is 18.4 Å². The molecule has 1 aromatic carbocycles. The second-order valence-electron chi connectivity index (χ2n) is 4.71. The Morgan fingerprint density at radius 1 is 1.21 bits per heavy atom. The molecule has 0 atom stereocenters. The number of carbonyl (C=O) groups is 1. The summed E-state index contributed by atoms with van der Waals surface area (Å²) >= 11 is 9.03. The Morgan fingerprint density at radius 3 is 2.71 bits per heavy atom. The Balaban J connectivity index is 1.56. The number of benzene rings is 1. The molecule has 0 spiro atoms. The van der Waals surface area contributed by atoms with Crippen LogP contribution in [-0.2, 0) is 16.1 Å². The molecule has 0 bridgehead atoms. The third-order valence-electron chi connectivity index (χ3n) is 3.00. The molecule has 7 heteroatoms. The van der Waals surface area contributed by atoms with Crippen LogP contribution in [0.3, 0.4) is 0 Å². The van der Waals surface area contributed by atoms with Gasteiger partial charge in [0.1, 0.15) is 5.76 Å². The summed E-state index contributed by atoms with van der Waals surface area (Å²) in [6, 6.07) is 10.6. The molecule has 3 rings (SSSR count). The Bertz CT molecular complexity index is 867. The number of oxazole rings is 1. The van der Waals surface area contributed by atoms with E-state index in [1.54, 1.807) is 30.5 Å². The number of halogens is 2. The third kappa shape index (κ3) is 4.37. The molecule has 0 saturated heterocycles. The van der Waals surface area contributed by atoms with Crippen LogP contribution in [0.1, 0.15) is 11.7 Å². The van der Waals surface area contributed by atoms with Crippen LogP contribution in [0.25, 0.3) is 17.4 Å². The summed E-state index contributed by atoms with van der Waals surface area (Å²) in [5.74, 6) is 0.907. The van der Waals surface area contributed by atoms with Crippen molar-refractivity contribution in [1.82, 2.24) is 4.98 Å². The van der Waals surface area contributed by atoms with E-state index in [-0.39, 0.29) is 6.61 Å². The lowest BCUT2D eigenvalue weighted by Gasteiger charge is -1.98. The van der Waals surface area contributed by atoms with Crippen molar-refractivity contribution in [3.63, 3.8) is 0 Å². The zero-order chi connectivity index (χ0) is 16.9. The summed E-state index contributed by atoms with van der Waals surface area (Å²) in [7, 11) is 0. The van der Waals surface area contributed by atoms with Crippen LogP contribution in [0.15, 0.2) is 62.2 Å². The lowest BCUT2D eigenvalue weighted by atomic mass is 10.2. The van der Waals surface area contributed by atoms with Gasteiger partial charge in [0, 0.05) is 16.7 Å². The average molecular weight is 409 g/mol. The number of esters is 1. The lowest BCUT2D eigenvalue weighted by Crippen LogP contribution is -2.00.